The number of halogens is 4. The molecule has 0 N–H and O–H groups in total. The fourth-order valence-corrected chi connectivity index (χ4v) is 17.1. The van der Waals surface area contributed by atoms with E-state index in [1.807, 2.05) is 60.7 Å². The van der Waals surface area contributed by atoms with Crippen LogP contribution in [0.15, 0.2) is 382 Å². The summed E-state index contributed by atoms with van der Waals surface area (Å²) in [4.78, 5) is 4.57. The lowest BCUT2D eigenvalue weighted by molar-refractivity contribution is 0.624. The summed E-state index contributed by atoms with van der Waals surface area (Å²) in [5.41, 5.74) is 27.3. The number of rotatable bonds is 16. The number of benzene rings is 16. The topological polar surface area (TPSA) is 19.6 Å². The third kappa shape index (κ3) is 11.1. The van der Waals surface area contributed by atoms with Crippen LogP contribution < -0.4 is 9.80 Å². The molecule has 0 bridgehead atoms. The molecule has 2 atom stereocenters. The van der Waals surface area contributed by atoms with Crippen molar-refractivity contribution < 1.29 is 22.0 Å². The fraction of sp³-hybridized carbons (Fsp3) is 0.0196. The minimum absolute atomic E-state index is 0.282. The number of fused-ring (bicyclic) bond motifs is 9. The Labute approximate surface area is 629 Å². The lowest BCUT2D eigenvalue weighted by atomic mass is 9.67. The first-order chi connectivity index (χ1) is 53.5. The summed E-state index contributed by atoms with van der Waals surface area (Å²) in [6, 6.07) is 122. The Kier molecular flexibility index (Phi) is 16.1. The Morgan fingerprint density at radius 3 is 0.872 bits per heavy atom. The van der Waals surface area contributed by atoms with Gasteiger partial charge in [-0.05, 0) is 256 Å². The molecule has 2 aliphatic rings. The van der Waals surface area contributed by atoms with Crippen molar-refractivity contribution >= 4 is 68.2 Å². The molecule has 0 saturated carbocycles. The Hall–Kier alpha value is -13.9. The summed E-state index contributed by atoms with van der Waals surface area (Å²) >= 11 is 0. The van der Waals surface area contributed by atoms with Crippen LogP contribution in [0.5, 0.6) is 0 Å². The van der Waals surface area contributed by atoms with Gasteiger partial charge in [0.15, 0.2) is 0 Å². The lowest BCUT2D eigenvalue weighted by Gasteiger charge is -2.35. The smallest absolute Gasteiger partial charge is 0.137 e. The van der Waals surface area contributed by atoms with Gasteiger partial charge in [0.2, 0.25) is 0 Å². The minimum atomic E-state index is -0.858. The van der Waals surface area contributed by atoms with Gasteiger partial charge >= 0.3 is 0 Å². The maximum atomic E-state index is 15.2. The molecular formula is C102H66F4N2O. The summed E-state index contributed by atoms with van der Waals surface area (Å²) in [5.74, 6) is -1.19. The zero-order valence-electron chi connectivity index (χ0n) is 59.0. The highest BCUT2D eigenvalue weighted by molar-refractivity contribution is 6.08. The zero-order chi connectivity index (χ0) is 73.5. The number of anilines is 6. The maximum Gasteiger partial charge on any atom is 0.137 e. The average molecular weight is 1410 g/mol. The predicted molar refractivity (Wildman–Crippen MR) is 439 cm³/mol. The highest BCUT2D eigenvalue weighted by atomic mass is 19.1. The summed E-state index contributed by atoms with van der Waals surface area (Å²) in [7, 11) is 0. The molecule has 0 spiro atoms. The number of furan rings is 1. The first kappa shape index (κ1) is 65.9. The van der Waals surface area contributed by atoms with Gasteiger partial charge in [-0.15, -0.1) is 0 Å². The highest BCUT2D eigenvalue weighted by Crippen LogP contribution is 2.60. The zero-order valence-corrected chi connectivity index (χ0v) is 59.0. The van der Waals surface area contributed by atoms with Gasteiger partial charge < -0.3 is 14.2 Å². The largest absolute Gasteiger partial charge is 0.456 e. The van der Waals surface area contributed by atoms with Crippen molar-refractivity contribution in [2.75, 3.05) is 9.80 Å². The minimum Gasteiger partial charge on any atom is -0.456 e. The second-order valence-electron chi connectivity index (χ2n) is 28.1. The second-order valence-corrected chi connectivity index (χ2v) is 28.1. The third-order valence-corrected chi connectivity index (χ3v) is 22.2. The van der Waals surface area contributed by atoms with E-state index in [4.69, 9.17) is 4.42 Å². The molecule has 0 radical (unpaired) electrons. The van der Waals surface area contributed by atoms with E-state index in [1.165, 1.54) is 24.3 Å². The van der Waals surface area contributed by atoms with Gasteiger partial charge in [0.25, 0.3) is 0 Å². The molecule has 19 rings (SSSR count). The SMILES string of the molecule is C=Cc1ccc(C2(c3ccc(F)cc3)c3ccccc3-c3ccc(N(c4ccc(-c5cccc(-c6ccc(F)cc6)c5)cc4)c4ccc5c(c4)oc4cc(N(c6ccc(-c7cccc(-c8ccc(F)cc8)c7)cc6)c6ccc7c(c6)C(c6ccc(F)cc6)(c6ccc(C=C)cc6)c6ccccc6-7)ccc45)cc32)cc1. The number of nitrogens with zero attached hydrogens (tertiary/aromatic N) is 2. The first-order valence-electron chi connectivity index (χ1n) is 36.5. The molecule has 17 aromatic rings. The van der Waals surface area contributed by atoms with E-state index < -0.39 is 10.8 Å². The van der Waals surface area contributed by atoms with Crippen LogP contribution in [0.4, 0.5) is 51.7 Å². The van der Waals surface area contributed by atoms with Crippen LogP contribution in [0.1, 0.15) is 55.6 Å². The van der Waals surface area contributed by atoms with Gasteiger partial charge in [-0.1, -0.05) is 244 Å². The third-order valence-electron chi connectivity index (χ3n) is 22.2. The molecule has 1 heterocycles. The molecule has 0 fully saturated rings. The number of hydrogen-bond donors (Lipinski definition) is 0. The van der Waals surface area contributed by atoms with Crippen molar-refractivity contribution in [3.05, 3.63) is 456 Å². The predicted octanol–water partition coefficient (Wildman–Crippen LogP) is 27.8. The van der Waals surface area contributed by atoms with Crippen LogP contribution in [-0.4, -0.2) is 0 Å². The van der Waals surface area contributed by atoms with E-state index >= 15 is 8.78 Å². The molecule has 7 heteroatoms. The van der Waals surface area contributed by atoms with Gasteiger partial charge in [0.1, 0.15) is 34.4 Å². The molecule has 2 aliphatic carbocycles. The first-order valence-corrected chi connectivity index (χ1v) is 36.5. The lowest BCUT2D eigenvalue weighted by Crippen LogP contribution is -2.29. The van der Waals surface area contributed by atoms with Crippen LogP contribution in [0.25, 0.3) is 101 Å². The summed E-state index contributed by atoms with van der Waals surface area (Å²) in [6.45, 7) is 8.18. The van der Waals surface area contributed by atoms with Crippen molar-refractivity contribution in [3.63, 3.8) is 0 Å². The van der Waals surface area contributed by atoms with Crippen molar-refractivity contribution in [3.8, 4) is 66.8 Å². The van der Waals surface area contributed by atoms with Gasteiger partial charge in [-0.2, -0.15) is 0 Å². The van der Waals surface area contributed by atoms with Gasteiger partial charge in [0, 0.05) is 57.0 Å². The normalized spacial score (nSPS) is 14.6. The fourth-order valence-electron chi connectivity index (χ4n) is 17.1. The Bertz CT molecular complexity index is 6020. The molecule has 2 unspecified atom stereocenters. The van der Waals surface area contributed by atoms with Crippen molar-refractivity contribution in [1.82, 2.24) is 0 Å². The van der Waals surface area contributed by atoms with Crippen LogP contribution in [0.3, 0.4) is 0 Å². The van der Waals surface area contributed by atoms with Crippen molar-refractivity contribution in [1.29, 1.82) is 0 Å². The number of hydrogen-bond acceptors (Lipinski definition) is 3. The van der Waals surface area contributed by atoms with Gasteiger partial charge in [-0.3, -0.25) is 0 Å². The quantitative estimate of drug-likeness (QED) is 0.0899. The molecule has 1 aromatic heterocycles. The second kappa shape index (κ2) is 26.6. The van der Waals surface area contributed by atoms with Crippen molar-refractivity contribution in [2.24, 2.45) is 0 Å². The molecule has 0 amide bonds. The monoisotopic (exact) mass is 1410 g/mol. The highest BCUT2D eigenvalue weighted by Gasteiger charge is 2.48. The van der Waals surface area contributed by atoms with Gasteiger partial charge in [0.05, 0.1) is 10.8 Å². The average Bonchev–Trinajstić information content (AvgIpc) is 1.55. The molecular weight excluding hydrogens is 1350 g/mol. The van der Waals surface area contributed by atoms with Crippen LogP contribution >= 0.6 is 0 Å². The van der Waals surface area contributed by atoms with Crippen LogP contribution in [0, 0.1) is 23.3 Å². The van der Waals surface area contributed by atoms with E-state index in [0.29, 0.717) is 11.2 Å². The van der Waals surface area contributed by atoms with Crippen LogP contribution in [0.2, 0.25) is 0 Å². The molecule has 16 aromatic carbocycles. The summed E-state index contributed by atoms with van der Waals surface area (Å²) < 4.78 is 66.1. The molecule has 0 aliphatic heterocycles. The molecule has 109 heavy (non-hydrogen) atoms. The molecule has 0 saturated heterocycles. The summed E-state index contributed by atoms with van der Waals surface area (Å²) in [5, 5.41) is 1.87. The van der Waals surface area contributed by atoms with Crippen molar-refractivity contribution in [2.45, 2.75) is 10.8 Å². The molecule has 518 valence electrons. The Balaban J connectivity index is 0.775. The summed E-state index contributed by atoms with van der Waals surface area (Å²) in [6.07, 6.45) is 3.70. The van der Waals surface area contributed by atoms with Gasteiger partial charge in [-0.25, -0.2) is 17.6 Å². The Morgan fingerprint density at radius 1 is 0.239 bits per heavy atom. The van der Waals surface area contributed by atoms with E-state index in [1.54, 1.807) is 48.5 Å². The van der Waals surface area contributed by atoms with Crippen LogP contribution in [-0.2, 0) is 10.8 Å². The maximum absolute atomic E-state index is 15.2. The van der Waals surface area contributed by atoms with E-state index in [0.717, 1.165) is 167 Å². The van der Waals surface area contributed by atoms with E-state index in [9.17, 15) is 8.78 Å². The van der Waals surface area contributed by atoms with E-state index in [-0.39, 0.29) is 23.3 Å². The van der Waals surface area contributed by atoms with E-state index in [2.05, 4.69) is 266 Å². The Morgan fingerprint density at radius 2 is 0.523 bits per heavy atom. The molecule has 3 nitrogen and oxygen atoms in total. The standard InChI is InChI=1S/C102H66F4N2O/c1-3-65-19-31-75(32-20-65)101(77-35-43-81(105)44-36-77)95-17-7-5-15-89(95)91-55-51-85(61-97(91)101)107(83-47-27-69(28-48-83)73-13-9-11-71(59-73)67-23-39-79(103)40-24-67)87-53-57-93-94-58-54-88(64-100(94)109-99(93)63-87)108(84-49-29-70(30-50-84)74-14-10-12-72(60-74)68-25-41-80(104)42-26-68)86-52-56-92-90-16-6-8-18-96(90)102(98(92)62-86,78-37-45-82(106)46-38-78)76-33-21-66(4-2)22-34-76/h3-64H,1-2H2.